The van der Waals surface area contributed by atoms with Crippen LogP contribution in [0.25, 0.3) is 6.08 Å². The molecule has 2 N–H and O–H groups in total. The predicted molar refractivity (Wildman–Crippen MR) is 137 cm³/mol. The lowest BCUT2D eigenvalue weighted by Gasteiger charge is -2.65. The van der Waals surface area contributed by atoms with Crippen molar-refractivity contribution in [2.45, 2.75) is 67.5 Å². The van der Waals surface area contributed by atoms with Crippen molar-refractivity contribution in [3.63, 3.8) is 0 Å². The Balaban J connectivity index is 0.00000252. The third-order valence-corrected chi connectivity index (χ3v) is 9.51. The Morgan fingerprint density at radius 1 is 1.30 bits per heavy atom. The SMILES string of the molecule is CN(C(=O)/C=C/c1ccoc1)[C@@H]1CC[C@@]2(O)[C@H]3Cc4ccc(O)c5c4[C@@]2([C@H](F)CN3CC2CC2)[C@H]1O5.Cl. The van der Waals surface area contributed by atoms with E-state index in [-0.39, 0.29) is 42.4 Å². The Hall–Kier alpha value is -2.55. The van der Waals surface area contributed by atoms with Crippen LogP contribution in [-0.2, 0) is 16.6 Å². The maximum absolute atomic E-state index is 16.7. The molecule has 3 fully saturated rings. The van der Waals surface area contributed by atoms with E-state index in [0.717, 1.165) is 30.5 Å². The van der Waals surface area contributed by atoms with Gasteiger partial charge >= 0.3 is 0 Å². The van der Waals surface area contributed by atoms with E-state index in [1.807, 2.05) is 6.07 Å². The fraction of sp³-hybridized carbons (Fsp3) is 0.536. The van der Waals surface area contributed by atoms with Crippen molar-refractivity contribution in [3.8, 4) is 11.5 Å². The second-order valence-corrected chi connectivity index (χ2v) is 11.3. The molecule has 1 saturated heterocycles. The van der Waals surface area contributed by atoms with Gasteiger partial charge < -0.3 is 24.3 Å². The fourth-order valence-corrected chi connectivity index (χ4v) is 7.67. The van der Waals surface area contributed by atoms with Crippen molar-refractivity contribution in [2.75, 3.05) is 20.1 Å². The van der Waals surface area contributed by atoms with Crippen LogP contribution in [0.4, 0.5) is 4.39 Å². The lowest BCUT2D eigenvalue weighted by Crippen LogP contribution is -2.82. The number of likely N-dealkylation sites (tertiary alicyclic amines) is 1. The highest BCUT2D eigenvalue weighted by molar-refractivity contribution is 5.92. The van der Waals surface area contributed by atoms with E-state index >= 15 is 4.39 Å². The van der Waals surface area contributed by atoms with Crippen molar-refractivity contribution in [1.82, 2.24) is 9.80 Å². The number of benzene rings is 1. The summed E-state index contributed by atoms with van der Waals surface area (Å²) in [5.74, 6) is 0.568. The minimum absolute atomic E-state index is 0. The minimum atomic E-state index is -1.39. The molecule has 198 valence electrons. The van der Waals surface area contributed by atoms with Gasteiger partial charge in [0.1, 0.15) is 17.7 Å². The summed E-state index contributed by atoms with van der Waals surface area (Å²) < 4.78 is 28.2. The quantitative estimate of drug-likeness (QED) is 0.576. The van der Waals surface area contributed by atoms with Crippen LogP contribution in [0, 0.1) is 5.92 Å². The van der Waals surface area contributed by atoms with Gasteiger partial charge in [-0.3, -0.25) is 9.69 Å². The van der Waals surface area contributed by atoms with E-state index in [4.69, 9.17) is 9.15 Å². The highest BCUT2D eigenvalue weighted by Gasteiger charge is 2.77. The second-order valence-electron chi connectivity index (χ2n) is 11.3. The first-order valence-corrected chi connectivity index (χ1v) is 12.9. The summed E-state index contributed by atoms with van der Waals surface area (Å²) in [6.45, 7) is 1.03. The number of likely N-dealkylation sites (N-methyl/N-ethyl adjacent to an activating group) is 1. The fourth-order valence-electron chi connectivity index (χ4n) is 7.67. The zero-order valence-electron chi connectivity index (χ0n) is 20.7. The van der Waals surface area contributed by atoms with Gasteiger partial charge in [0, 0.05) is 43.4 Å². The third kappa shape index (κ3) is 3.28. The second kappa shape index (κ2) is 8.48. The van der Waals surface area contributed by atoms with Crippen LogP contribution >= 0.6 is 12.4 Å². The highest BCUT2D eigenvalue weighted by Crippen LogP contribution is 2.66. The molecule has 0 unspecified atom stereocenters. The molecule has 5 aliphatic rings. The average molecular weight is 531 g/mol. The maximum Gasteiger partial charge on any atom is 0.246 e. The van der Waals surface area contributed by atoms with Crippen LogP contribution in [0.2, 0.25) is 0 Å². The number of halogens is 2. The highest BCUT2D eigenvalue weighted by atomic mass is 35.5. The van der Waals surface area contributed by atoms with Gasteiger partial charge in [-0.05, 0) is 61.8 Å². The first kappa shape index (κ1) is 24.8. The Bertz CT molecular complexity index is 1250. The maximum atomic E-state index is 16.7. The number of rotatable bonds is 5. The van der Waals surface area contributed by atoms with Crippen LogP contribution in [0.3, 0.4) is 0 Å². The molecule has 3 heterocycles. The number of carbonyl (C=O) groups is 1. The van der Waals surface area contributed by atoms with E-state index in [1.165, 1.54) is 6.08 Å². The number of ether oxygens (including phenoxy) is 1. The van der Waals surface area contributed by atoms with E-state index in [0.29, 0.717) is 30.7 Å². The van der Waals surface area contributed by atoms with Crippen LogP contribution < -0.4 is 4.74 Å². The van der Waals surface area contributed by atoms with Crippen LogP contribution in [0.15, 0.2) is 41.2 Å². The Morgan fingerprint density at radius 3 is 2.84 bits per heavy atom. The lowest BCUT2D eigenvalue weighted by atomic mass is 9.47. The van der Waals surface area contributed by atoms with Crippen molar-refractivity contribution in [3.05, 3.63) is 53.5 Å². The van der Waals surface area contributed by atoms with Gasteiger partial charge in [-0.25, -0.2) is 4.39 Å². The molecule has 1 amide bonds. The first-order chi connectivity index (χ1) is 17.3. The number of piperidine rings is 1. The largest absolute Gasteiger partial charge is 0.504 e. The summed E-state index contributed by atoms with van der Waals surface area (Å²) >= 11 is 0. The molecule has 6 atom stereocenters. The number of hydrogen-bond donors (Lipinski definition) is 2. The number of phenolic OH excluding ortho intramolecular Hbond substituents is 1. The molecule has 1 aromatic carbocycles. The summed E-state index contributed by atoms with van der Waals surface area (Å²) in [6.07, 6.45) is 7.82. The molecule has 1 spiro atoms. The monoisotopic (exact) mass is 530 g/mol. The van der Waals surface area contributed by atoms with E-state index in [1.54, 1.807) is 42.7 Å². The van der Waals surface area contributed by atoms with Gasteiger partial charge in [-0.1, -0.05) is 6.07 Å². The molecule has 3 aliphatic carbocycles. The number of carbonyl (C=O) groups excluding carboxylic acids is 1. The van der Waals surface area contributed by atoms with Crippen molar-refractivity contribution >= 4 is 24.4 Å². The molecule has 37 heavy (non-hydrogen) atoms. The summed E-state index contributed by atoms with van der Waals surface area (Å²) in [7, 11) is 1.70. The molecule has 2 bridgehead atoms. The van der Waals surface area contributed by atoms with Crippen LogP contribution in [-0.4, -0.2) is 76.0 Å². The Morgan fingerprint density at radius 2 is 2.11 bits per heavy atom. The van der Waals surface area contributed by atoms with Crippen LogP contribution in [0.1, 0.15) is 42.4 Å². The number of nitrogens with zero attached hydrogens (tertiary/aromatic N) is 2. The molecule has 0 radical (unpaired) electrons. The zero-order chi connectivity index (χ0) is 24.8. The molecule has 2 aliphatic heterocycles. The molecule has 2 saturated carbocycles. The summed E-state index contributed by atoms with van der Waals surface area (Å²) in [6, 6.07) is 4.54. The molecule has 2 aromatic rings. The Labute approximate surface area is 221 Å². The number of alkyl halides is 1. The van der Waals surface area contributed by atoms with Gasteiger partial charge in [-0.15, -0.1) is 12.4 Å². The summed E-state index contributed by atoms with van der Waals surface area (Å²) in [5.41, 5.74) is -0.356. The smallest absolute Gasteiger partial charge is 0.246 e. The van der Waals surface area contributed by atoms with Gasteiger partial charge in [-0.2, -0.15) is 0 Å². The number of phenols is 1. The Kier molecular flexibility index (Phi) is 5.68. The zero-order valence-corrected chi connectivity index (χ0v) is 21.5. The first-order valence-electron chi connectivity index (χ1n) is 12.9. The molecule has 7 nitrogen and oxygen atoms in total. The number of aromatic hydroxyl groups is 1. The van der Waals surface area contributed by atoms with E-state index in [2.05, 4.69) is 4.90 Å². The topological polar surface area (TPSA) is 86.4 Å². The van der Waals surface area contributed by atoms with Crippen molar-refractivity contribution in [2.24, 2.45) is 5.92 Å². The van der Waals surface area contributed by atoms with Gasteiger partial charge in [0.15, 0.2) is 11.5 Å². The van der Waals surface area contributed by atoms with Gasteiger partial charge in [0.25, 0.3) is 0 Å². The lowest BCUT2D eigenvalue weighted by molar-refractivity contribution is -0.223. The molecule has 9 heteroatoms. The molecule has 1 aromatic heterocycles. The summed E-state index contributed by atoms with van der Waals surface area (Å²) in [5, 5.41) is 23.2. The van der Waals surface area contributed by atoms with E-state index in [9.17, 15) is 15.0 Å². The van der Waals surface area contributed by atoms with Crippen molar-refractivity contribution in [1.29, 1.82) is 0 Å². The predicted octanol–water partition coefficient (Wildman–Crippen LogP) is 3.46. The van der Waals surface area contributed by atoms with E-state index < -0.39 is 29.3 Å². The van der Waals surface area contributed by atoms with Crippen molar-refractivity contribution < 1.29 is 28.6 Å². The van der Waals surface area contributed by atoms with Gasteiger partial charge in [0.2, 0.25) is 5.91 Å². The molecular weight excluding hydrogens is 499 g/mol. The normalized spacial score (nSPS) is 35.5. The number of amides is 1. The molecular formula is C28H32ClFN2O5. The number of furan rings is 1. The average Bonchev–Trinajstić information content (AvgIpc) is 3.36. The molecule has 7 rings (SSSR count). The summed E-state index contributed by atoms with van der Waals surface area (Å²) in [4.78, 5) is 17.0. The minimum Gasteiger partial charge on any atom is -0.504 e. The number of hydrogen-bond acceptors (Lipinski definition) is 6. The third-order valence-electron chi connectivity index (χ3n) is 9.51. The van der Waals surface area contributed by atoms with Gasteiger partial charge in [0.05, 0.1) is 24.2 Å². The standard InChI is InChI=1S/C28H31FN2O5.ClH/c1-30(23(33)7-4-17-9-11-35-15-17)19-8-10-27(34)22-12-18-5-6-20(32)25-24(18)28(27,26(19)36-25)21(29)14-31(22)13-16-2-3-16;/h4-7,9,11,15-16,19,21-22,26,32,34H,2-3,8,10,12-14H2,1H3;1H/b7-4+;/t19-,21-,22-,26+,27-,28+;/m1./s1. The van der Waals surface area contributed by atoms with Crippen LogP contribution in [0.5, 0.6) is 11.5 Å². The number of aliphatic hydroxyl groups is 1.